The van der Waals surface area contributed by atoms with E-state index in [2.05, 4.69) is 20.9 Å². The van der Waals surface area contributed by atoms with Gasteiger partial charge in [0.2, 0.25) is 0 Å². The van der Waals surface area contributed by atoms with E-state index in [9.17, 15) is 9.59 Å². The molecule has 23 heavy (non-hydrogen) atoms. The van der Waals surface area contributed by atoms with E-state index >= 15 is 0 Å². The molecule has 0 unspecified atom stereocenters. The fraction of sp³-hybridized carbons (Fsp3) is 0.357. The molecule has 7 nitrogen and oxygen atoms in total. The van der Waals surface area contributed by atoms with Crippen LogP contribution in [-0.4, -0.2) is 37.3 Å². The van der Waals surface area contributed by atoms with Crippen LogP contribution in [0, 0.1) is 0 Å². The second-order valence-electron chi connectivity index (χ2n) is 4.33. The van der Waals surface area contributed by atoms with E-state index in [1.807, 2.05) is 0 Å². The average molecular weight is 360 g/mol. The quantitative estimate of drug-likeness (QED) is 0.291. The van der Waals surface area contributed by atoms with Crippen molar-refractivity contribution in [2.45, 2.75) is 12.8 Å². The Kier molecular flexibility index (Phi) is 8.78. The van der Waals surface area contributed by atoms with Crippen molar-refractivity contribution in [2.75, 3.05) is 20.3 Å². The zero-order chi connectivity index (χ0) is 17.1. The van der Waals surface area contributed by atoms with E-state index in [0.717, 1.165) is 0 Å². The average Bonchev–Trinajstić information content (AvgIpc) is 2.55. The van der Waals surface area contributed by atoms with Crippen molar-refractivity contribution >= 4 is 40.8 Å². The smallest absolute Gasteiger partial charge is 0.305 e. The van der Waals surface area contributed by atoms with Crippen LogP contribution in [0.2, 0.25) is 5.02 Å². The van der Waals surface area contributed by atoms with Gasteiger partial charge >= 0.3 is 5.97 Å². The maximum Gasteiger partial charge on any atom is 0.305 e. The van der Waals surface area contributed by atoms with E-state index in [0.29, 0.717) is 30.2 Å². The highest BCUT2D eigenvalue weighted by Crippen LogP contribution is 2.22. The van der Waals surface area contributed by atoms with E-state index in [-0.39, 0.29) is 17.7 Å². The summed E-state index contributed by atoms with van der Waals surface area (Å²) >= 11 is 10.9. The van der Waals surface area contributed by atoms with Crippen LogP contribution in [0.4, 0.5) is 0 Å². The topological polar surface area (TPSA) is 88.7 Å². The van der Waals surface area contributed by atoms with Crippen LogP contribution >= 0.6 is 23.8 Å². The van der Waals surface area contributed by atoms with Gasteiger partial charge in [-0.1, -0.05) is 23.7 Å². The number of hydrogen-bond donors (Lipinski definition) is 3. The first-order valence-electron chi connectivity index (χ1n) is 6.79. The van der Waals surface area contributed by atoms with Gasteiger partial charge < -0.3 is 14.8 Å². The predicted octanol–water partition coefficient (Wildman–Crippen LogP) is 1.17. The van der Waals surface area contributed by atoms with Crippen LogP contribution in [-0.2, 0) is 14.3 Å². The molecule has 0 saturated heterocycles. The van der Waals surface area contributed by atoms with Crippen molar-refractivity contribution < 1.29 is 19.1 Å². The summed E-state index contributed by atoms with van der Waals surface area (Å²) in [5.41, 5.74) is 4.91. The summed E-state index contributed by atoms with van der Waals surface area (Å²) in [6.45, 7) is 0.272. The van der Waals surface area contributed by atoms with E-state index in [4.69, 9.17) is 28.6 Å². The van der Waals surface area contributed by atoms with E-state index in [1.165, 1.54) is 7.11 Å². The lowest BCUT2D eigenvalue weighted by Crippen LogP contribution is -2.48. The second-order valence-corrected chi connectivity index (χ2v) is 5.14. The molecule has 0 aliphatic rings. The molecular formula is C14H18ClN3O4S. The first-order valence-corrected chi connectivity index (χ1v) is 7.58. The number of hydrogen-bond acceptors (Lipinski definition) is 5. The Morgan fingerprint density at radius 3 is 2.70 bits per heavy atom. The molecule has 0 aromatic heterocycles. The molecule has 1 amide bonds. The van der Waals surface area contributed by atoms with Gasteiger partial charge in [-0.2, -0.15) is 0 Å². The summed E-state index contributed by atoms with van der Waals surface area (Å²) < 4.78 is 9.78. The minimum atomic E-state index is -0.413. The number of carbonyl (C=O) groups is 2. The third kappa shape index (κ3) is 8.22. The molecule has 0 spiro atoms. The monoisotopic (exact) mass is 359 g/mol. The molecule has 1 aromatic carbocycles. The van der Waals surface area contributed by atoms with Crippen molar-refractivity contribution in [3.8, 4) is 5.75 Å². The van der Waals surface area contributed by atoms with E-state index < -0.39 is 5.91 Å². The summed E-state index contributed by atoms with van der Waals surface area (Å²) in [6, 6.07) is 6.85. The molecule has 1 rings (SSSR count). The second kappa shape index (κ2) is 10.6. The standard InChI is InChI=1S/C14H18ClN3O4S/c1-21-13(20)7-4-8-16-14(23)18-17-12(19)9-22-11-6-3-2-5-10(11)15/h2-3,5-6H,4,7-9H2,1H3,(H,17,19)(H2,16,18,23). The van der Waals surface area contributed by atoms with Crippen molar-refractivity contribution in [1.29, 1.82) is 0 Å². The number of hydrazine groups is 1. The number of nitrogens with one attached hydrogen (secondary N) is 3. The molecule has 0 aliphatic carbocycles. The number of esters is 1. The Labute approximate surface area is 144 Å². The number of carbonyl (C=O) groups excluding carboxylic acids is 2. The molecule has 0 aliphatic heterocycles. The Hall–Kier alpha value is -2.06. The Morgan fingerprint density at radius 1 is 1.26 bits per heavy atom. The maximum absolute atomic E-state index is 11.6. The van der Waals surface area contributed by atoms with E-state index in [1.54, 1.807) is 24.3 Å². The first kappa shape index (κ1) is 19.0. The lowest BCUT2D eigenvalue weighted by atomic mass is 10.3. The third-order valence-corrected chi connectivity index (χ3v) is 3.14. The molecule has 1 aromatic rings. The minimum Gasteiger partial charge on any atom is -0.482 e. The van der Waals surface area contributed by atoms with Gasteiger partial charge in [0.1, 0.15) is 5.75 Å². The van der Waals surface area contributed by atoms with Gasteiger partial charge in [-0.15, -0.1) is 0 Å². The number of ether oxygens (including phenoxy) is 2. The Bertz CT molecular complexity index is 557. The van der Waals surface area contributed by atoms with Gasteiger partial charge in [0, 0.05) is 13.0 Å². The number of para-hydroxylation sites is 1. The van der Waals surface area contributed by atoms with Crippen molar-refractivity contribution in [1.82, 2.24) is 16.2 Å². The van der Waals surface area contributed by atoms with Gasteiger partial charge in [-0.3, -0.25) is 20.4 Å². The van der Waals surface area contributed by atoms with Crippen LogP contribution in [0.3, 0.4) is 0 Å². The highest BCUT2D eigenvalue weighted by atomic mass is 35.5. The number of benzene rings is 1. The normalized spacial score (nSPS) is 9.65. The molecule has 0 radical (unpaired) electrons. The number of methoxy groups -OCH3 is 1. The molecule has 0 bridgehead atoms. The molecule has 0 saturated carbocycles. The van der Waals surface area contributed by atoms with Crippen LogP contribution in [0.15, 0.2) is 24.3 Å². The van der Waals surface area contributed by atoms with Gasteiger partial charge in [-0.25, -0.2) is 0 Å². The van der Waals surface area contributed by atoms with Gasteiger partial charge in [0.15, 0.2) is 11.7 Å². The molecule has 0 heterocycles. The molecule has 9 heteroatoms. The highest BCUT2D eigenvalue weighted by Gasteiger charge is 2.06. The SMILES string of the molecule is COC(=O)CCCNC(=S)NNC(=O)COc1ccccc1Cl. The third-order valence-electron chi connectivity index (χ3n) is 2.58. The molecule has 126 valence electrons. The molecule has 3 N–H and O–H groups in total. The van der Waals surface area contributed by atoms with Crippen LogP contribution in [0.25, 0.3) is 0 Å². The predicted molar refractivity (Wildman–Crippen MR) is 90.1 cm³/mol. The summed E-state index contributed by atoms with van der Waals surface area (Å²) in [5, 5.41) is 3.50. The zero-order valence-corrected chi connectivity index (χ0v) is 14.1. The van der Waals surface area contributed by atoms with Gasteiger partial charge in [0.25, 0.3) is 5.91 Å². The largest absolute Gasteiger partial charge is 0.482 e. The fourth-order valence-corrected chi connectivity index (χ4v) is 1.79. The number of halogens is 1. The fourth-order valence-electron chi connectivity index (χ4n) is 1.45. The Morgan fingerprint density at radius 2 is 2.00 bits per heavy atom. The van der Waals surface area contributed by atoms with Crippen molar-refractivity contribution in [2.24, 2.45) is 0 Å². The van der Waals surface area contributed by atoms with Crippen LogP contribution < -0.4 is 20.9 Å². The number of thiocarbonyl (C=S) groups is 1. The maximum atomic E-state index is 11.6. The van der Waals surface area contributed by atoms with Gasteiger partial charge in [-0.05, 0) is 30.8 Å². The molecular weight excluding hydrogens is 342 g/mol. The van der Waals surface area contributed by atoms with Gasteiger partial charge in [0.05, 0.1) is 12.1 Å². The number of amides is 1. The molecule has 0 fully saturated rings. The summed E-state index contributed by atoms with van der Waals surface area (Å²) in [5.74, 6) is -0.271. The zero-order valence-electron chi connectivity index (χ0n) is 12.6. The Balaban J connectivity index is 2.14. The highest BCUT2D eigenvalue weighted by molar-refractivity contribution is 7.80. The first-order chi connectivity index (χ1) is 11.0. The lowest BCUT2D eigenvalue weighted by molar-refractivity contribution is -0.140. The summed E-state index contributed by atoms with van der Waals surface area (Å²) in [6.07, 6.45) is 0.863. The van der Waals surface area contributed by atoms with Crippen LogP contribution in [0.5, 0.6) is 5.75 Å². The summed E-state index contributed by atoms with van der Waals surface area (Å²) in [4.78, 5) is 22.5. The minimum absolute atomic E-state index is 0.207. The van der Waals surface area contributed by atoms with Crippen molar-refractivity contribution in [3.63, 3.8) is 0 Å². The summed E-state index contributed by atoms with van der Waals surface area (Å²) in [7, 11) is 1.34. The van der Waals surface area contributed by atoms with Crippen molar-refractivity contribution in [3.05, 3.63) is 29.3 Å². The molecule has 0 atom stereocenters. The number of rotatable bonds is 7. The lowest BCUT2D eigenvalue weighted by Gasteiger charge is -2.12. The van der Waals surface area contributed by atoms with Crippen LogP contribution in [0.1, 0.15) is 12.8 Å².